The molecule has 1 heterocycles. The van der Waals surface area contributed by atoms with Gasteiger partial charge in [-0.05, 0) is 49.7 Å². The summed E-state index contributed by atoms with van der Waals surface area (Å²) in [5, 5.41) is 0. The van der Waals surface area contributed by atoms with Crippen molar-refractivity contribution >= 4 is 21.9 Å². The lowest BCUT2D eigenvalue weighted by molar-refractivity contribution is -0.140. The van der Waals surface area contributed by atoms with E-state index in [4.69, 9.17) is 4.74 Å². The molecule has 1 atom stereocenters. The van der Waals surface area contributed by atoms with E-state index in [1.807, 2.05) is 24.3 Å². The monoisotopic (exact) mass is 402 g/mol. The molecule has 1 N–H and O–H groups in total. The maximum atomic E-state index is 12.7. The third kappa shape index (κ3) is 4.23. The van der Waals surface area contributed by atoms with Crippen molar-refractivity contribution < 1.29 is 22.7 Å². The van der Waals surface area contributed by atoms with E-state index in [0.717, 1.165) is 12.0 Å². The highest BCUT2D eigenvalue weighted by Gasteiger charge is 2.27. The lowest BCUT2D eigenvalue weighted by Gasteiger charge is -2.30. The van der Waals surface area contributed by atoms with Gasteiger partial charge in [-0.2, -0.15) is 0 Å². The Hall–Kier alpha value is -2.71. The van der Waals surface area contributed by atoms with Crippen LogP contribution in [-0.4, -0.2) is 44.9 Å². The number of carbonyl (C=O) groups is 2. The van der Waals surface area contributed by atoms with Gasteiger partial charge in [0.1, 0.15) is 0 Å². The second-order valence-electron chi connectivity index (χ2n) is 6.56. The van der Waals surface area contributed by atoms with Crippen molar-refractivity contribution in [3.63, 3.8) is 0 Å². The minimum absolute atomic E-state index is 0.0453. The number of ether oxygens (including phenoxy) is 1. The Morgan fingerprint density at radius 3 is 2.54 bits per heavy atom. The van der Waals surface area contributed by atoms with Crippen molar-refractivity contribution in [3.05, 3.63) is 65.2 Å². The number of benzene rings is 2. The van der Waals surface area contributed by atoms with E-state index in [-0.39, 0.29) is 16.4 Å². The number of nitrogens with zero attached hydrogens (tertiary/aromatic N) is 1. The van der Waals surface area contributed by atoms with Gasteiger partial charge in [0.05, 0.1) is 10.5 Å². The van der Waals surface area contributed by atoms with Crippen LogP contribution in [0.2, 0.25) is 0 Å². The molecule has 0 unspecified atom stereocenters. The molecule has 0 radical (unpaired) electrons. The van der Waals surface area contributed by atoms with Crippen LogP contribution < -0.4 is 4.72 Å². The highest BCUT2D eigenvalue weighted by Crippen LogP contribution is 2.20. The number of carbonyl (C=O) groups excluding carboxylic acids is 2. The number of amides is 1. The van der Waals surface area contributed by atoms with Crippen LogP contribution in [0, 0.1) is 0 Å². The minimum Gasteiger partial charge on any atom is -0.449 e. The van der Waals surface area contributed by atoms with Crippen LogP contribution >= 0.6 is 0 Å². The Morgan fingerprint density at radius 2 is 1.82 bits per heavy atom. The van der Waals surface area contributed by atoms with E-state index in [9.17, 15) is 18.0 Å². The van der Waals surface area contributed by atoms with Gasteiger partial charge in [-0.25, -0.2) is 17.9 Å². The molecule has 2 aromatic rings. The Bertz CT molecular complexity index is 1000. The fraction of sp³-hybridized carbons (Fsp3) is 0.300. The van der Waals surface area contributed by atoms with Crippen molar-refractivity contribution in [2.75, 3.05) is 13.6 Å². The van der Waals surface area contributed by atoms with Crippen molar-refractivity contribution in [1.29, 1.82) is 0 Å². The van der Waals surface area contributed by atoms with E-state index < -0.39 is 22.1 Å². The van der Waals surface area contributed by atoms with E-state index in [1.165, 1.54) is 43.8 Å². The maximum absolute atomic E-state index is 12.7. The van der Waals surface area contributed by atoms with Crippen molar-refractivity contribution in [3.8, 4) is 0 Å². The lowest BCUT2D eigenvalue weighted by atomic mass is 9.99. The normalized spacial score (nSPS) is 14.9. The molecule has 0 bridgehead atoms. The van der Waals surface area contributed by atoms with Crippen LogP contribution in [-0.2, 0) is 32.5 Å². The van der Waals surface area contributed by atoms with Crippen molar-refractivity contribution in [1.82, 2.24) is 9.62 Å². The molecule has 7 nitrogen and oxygen atoms in total. The third-order valence-corrected chi connectivity index (χ3v) is 6.13. The summed E-state index contributed by atoms with van der Waals surface area (Å²) >= 11 is 0. The second kappa shape index (κ2) is 8.12. The van der Waals surface area contributed by atoms with Gasteiger partial charge in [-0.15, -0.1) is 0 Å². The zero-order chi connectivity index (χ0) is 20.3. The predicted octanol–water partition coefficient (Wildman–Crippen LogP) is 1.72. The topological polar surface area (TPSA) is 92.8 Å². The molecule has 148 valence electrons. The first-order chi connectivity index (χ1) is 13.3. The van der Waals surface area contributed by atoms with Crippen molar-refractivity contribution in [2.24, 2.45) is 0 Å². The highest BCUT2D eigenvalue weighted by atomic mass is 32.2. The van der Waals surface area contributed by atoms with Crippen LogP contribution in [0.4, 0.5) is 0 Å². The quantitative estimate of drug-likeness (QED) is 0.769. The third-order valence-electron chi connectivity index (χ3n) is 4.72. The van der Waals surface area contributed by atoms with E-state index >= 15 is 0 Å². The largest absolute Gasteiger partial charge is 0.449 e. The number of rotatable bonds is 5. The number of nitrogens with one attached hydrogen (secondary N) is 1. The first-order valence-electron chi connectivity index (χ1n) is 8.92. The summed E-state index contributed by atoms with van der Waals surface area (Å²) in [6, 6.07) is 13.4. The average Bonchev–Trinajstić information content (AvgIpc) is 2.72. The van der Waals surface area contributed by atoms with Gasteiger partial charge in [0.25, 0.3) is 5.91 Å². The molecule has 1 amide bonds. The molecular formula is C20H22N2O5S. The van der Waals surface area contributed by atoms with Crippen LogP contribution in [0.25, 0.3) is 0 Å². The summed E-state index contributed by atoms with van der Waals surface area (Å²) in [6.45, 7) is 2.56. The van der Waals surface area contributed by atoms with Gasteiger partial charge in [0, 0.05) is 13.1 Å². The minimum atomic E-state index is -3.68. The Morgan fingerprint density at radius 1 is 1.11 bits per heavy atom. The standard InChI is InChI=1S/C20H22N2O5S/c1-14(19(23)22-11-10-15-6-3-4-7-17(15)13-22)27-20(24)16-8-5-9-18(12-16)28(25,26)21-2/h3-9,12,14,21H,10-11,13H2,1-2H3/t14-/m0/s1. The van der Waals surface area contributed by atoms with Crippen LogP contribution in [0.1, 0.15) is 28.4 Å². The molecule has 28 heavy (non-hydrogen) atoms. The average molecular weight is 402 g/mol. The van der Waals surface area contributed by atoms with Gasteiger partial charge in [0.15, 0.2) is 6.10 Å². The number of esters is 1. The number of hydrogen-bond acceptors (Lipinski definition) is 5. The van der Waals surface area contributed by atoms with Crippen LogP contribution in [0.3, 0.4) is 0 Å². The molecule has 0 saturated carbocycles. The molecule has 0 saturated heterocycles. The lowest BCUT2D eigenvalue weighted by Crippen LogP contribution is -2.42. The summed E-state index contributed by atoms with van der Waals surface area (Å²) in [7, 11) is -2.39. The molecule has 0 spiro atoms. The number of sulfonamides is 1. The summed E-state index contributed by atoms with van der Waals surface area (Å²) in [5.74, 6) is -1.02. The summed E-state index contributed by atoms with van der Waals surface area (Å²) in [4.78, 5) is 26.7. The number of hydrogen-bond donors (Lipinski definition) is 1. The first-order valence-corrected chi connectivity index (χ1v) is 10.4. The molecule has 3 rings (SSSR count). The molecule has 1 aliphatic heterocycles. The molecule has 0 aromatic heterocycles. The smallest absolute Gasteiger partial charge is 0.338 e. The van der Waals surface area contributed by atoms with Gasteiger partial charge in [-0.3, -0.25) is 4.79 Å². The zero-order valence-electron chi connectivity index (χ0n) is 15.7. The fourth-order valence-electron chi connectivity index (χ4n) is 3.13. The van der Waals surface area contributed by atoms with Crippen LogP contribution in [0.5, 0.6) is 0 Å². The fourth-order valence-corrected chi connectivity index (χ4v) is 3.90. The summed E-state index contributed by atoms with van der Waals surface area (Å²) in [5.41, 5.74) is 2.38. The van der Waals surface area contributed by atoms with E-state index in [2.05, 4.69) is 4.72 Å². The highest BCUT2D eigenvalue weighted by molar-refractivity contribution is 7.89. The van der Waals surface area contributed by atoms with Gasteiger partial charge in [0.2, 0.25) is 10.0 Å². The van der Waals surface area contributed by atoms with Gasteiger partial charge >= 0.3 is 5.97 Å². The predicted molar refractivity (Wildman–Crippen MR) is 103 cm³/mol. The first kappa shape index (κ1) is 20.0. The Balaban J connectivity index is 1.68. The summed E-state index contributed by atoms with van der Waals surface area (Å²) in [6.07, 6.45) is -0.214. The molecule has 2 aromatic carbocycles. The molecule has 0 aliphatic carbocycles. The van der Waals surface area contributed by atoms with E-state index in [0.29, 0.717) is 13.1 Å². The zero-order valence-corrected chi connectivity index (χ0v) is 16.5. The molecule has 8 heteroatoms. The van der Waals surface area contributed by atoms with Gasteiger partial charge < -0.3 is 9.64 Å². The van der Waals surface area contributed by atoms with Crippen molar-refractivity contribution in [2.45, 2.75) is 30.9 Å². The molecule has 0 fully saturated rings. The van der Waals surface area contributed by atoms with E-state index in [1.54, 1.807) is 4.90 Å². The maximum Gasteiger partial charge on any atom is 0.338 e. The molecular weight excluding hydrogens is 380 g/mol. The SMILES string of the molecule is CNS(=O)(=O)c1cccc(C(=O)O[C@@H](C)C(=O)N2CCc3ccccc3C2)c1. The Labute approximate surface area is 164 Å². The van der Waals surface area contributed by atoms with Gasteiger partial charge in [-0.1, -0.05) is 30.3 Å². The second-order valence-corrected chi connectivity index (χ2v) is 8.45. The van der Waals surface area contributed by atoms with Crippen LogP contribution in [0.15, 0.2) is 53.4 Å². The summed E-state index contributed by atoms with van der Waals surface area (Å²) < 4.78 is 31.3. The Kier molecular flexibility index (Phi) is 5.81. The number of fused-ring (bicyclic) bond motifs is 1. The molecule has 1 aliphatic rings.